The number of amides is 1. The van der Waals surface area contributed by atoms with Gasteiger partial charge in [-0.05, 0) is 42.8 Å². The molecule has 4 nitrogen and oxygen atoms in total. The number of benzene rings is 2. The molecule has 2 aromatic rings. The first-order valence-electron chi connectivity index (χ1n) is 6.41. The third kappa shape index (κ3) is 3.85. The molecule has 0 radical (unpaired) electrons. The first kappa shape index (κ1) is 14.6. The van der Waals surface area contributed by atoms with Crippen molar-refractivity contribution in [3.63, 3.8) is 0 Å². The maximum atomic E-state index is 12.2. The molecule has 1 amide bonds. The van der Waals surface area contributed by atoms with Gasteiger partial charge in [0, 0.05) is 11.1 Å². The third-order valence-corrected chi connectivity index (χ3v) is 2.83. The topological polar surface area (TPSA) is 69.6 Å². The van der Waals surface area contributed by atoms with Gasteiger partial charge in [0.2, 0.25) is 0 Å². The van der Waals surface area contributed by atoms with Crippen LogP contribution in [0.2, 0.25) is 0 Å². The minimum atomic E-state index is -0.330. The van der Waals surface area contributed by atoms with Crippen LogP contribution in [0, 0.1) is 18.8 Å². The largest absolute Gasteiger partial charge is 0.508 e. The van der Waals surface area contributed by atoms with Crippen LogP contribution >= 0.6 is 0 Å². The molecule has 0 bridgehead atoms. The Morgan fingerprint density at radius 3 is 2.76 bits per heavy atom. The Bertz CT molecular complexity index is 726. The molecule has 0 heterocycles. The Balaban J connectivity index is 2.30. The van der Waals surface area contributed by atoms with Crippen LogP contribution in [0.4, 0.5) is 5.69 Å². The molecule has 2 aromatic carbocycles. The minimum Gasteiger partial charge on any atom is -0.508 e. The van der Waals surface area contributed by atoms with Crippen molar-refractivity contribution in [2.45, 2.75) is 6.92 Å². The summed E-state index contributed by atoms with van der Waals surface area (Å²) in [4.78, 5) is 12.2. The third-order valence-electron chi connectivity index (χ3n) is 2.83. The molecule has 0 saturated carbocycles. The number of carbonyl (C=O) groups is 1. The number of anilines is 1. The van der Waals surface area contributed by atoms with E-state index in [-0.39, 0.29) is 18.3 Å². The van der Waals surface area contributed by atoms with E-state index in [2.05, 4.69) is 17.2 Å². The van der Waals surface area contributed by atoms with Crippen molar-refractivity contribution < 1.29 is 15.0 Å². The van der Waals surface area contributed by atoms with Crippen LogP contribution in [0.5, 0.6) is 5.75 Å². The number of carbonyl (C=O) groups excluding carboxylic acids is 1. The molecule has 0 spiro atoms. The second-order valence-corrected chi connectivity index (χ2v) is 4.51. The van der Waals surface area contributed by atoms with E-state index in [0.717, 1.165) is 5.56 Å². The van der Waals surface area contributed by atoms with Gasteiger partial charge < -0.3 is 15.5 Å². The Kier molecular flexibility index (Phi) is 4.60. The maximum absolute atomic E-state index is 12.2. The van der Waals surface area contributed by atoms with Gasteiger partial charge in [-0.2, -0.15) is 0 Å². The van der Waals surface area contributed by atoms with Gasteiger partial charge in [-0.15, -0.1) is 0 Å². The van der Waals surface area contributed by atoms with Crippen molar-refractivity contribution in [3.05, 3.63) is 59.2 Å². The number of hydrogen-bond donors (Lipinski definition) is 3. The number of hydrogen-bond acceptors (Lipinski definition) is 3. The van der Waals surface area contributed by atoms with E-state index in [4.69, 9.17) is 5.11 Å². The fourth-order valence-electron chi connectivity index (χ4n) is 1.85. The lowest BCUT2D eigenvalue weighted by Crippen LogP contribution is -2.12. The summed E-state index contributed by atoms with van der Waals surface area (Å²) in [7, 11) is 0. The highest BCUT2D eigenvalue weighted by Crippen LogP contribution is 2.19. The summed E-state index contributed by atoms with van der Waals surface area (Å²) in [6, 6.07) is 11.6. The Hall–Kier alpha value is -2.77. The minimum absolute atomic E-state index is 0.0344. The van der Waals surface area contributed by atoms with E-state index in [1.807, 2.05) is 19.1 Å². The van der Waals surface area contributed by atoms with E-state index in [1.54, 1.807) is 18.2 Å². The number of aliphatic hydroxyl groups is 1. The number of phenolic OH excluding ortho intramolecular Hbond substituents is 1. The molecule has 0 atom stereocenters. The molecule has 0 aliphatic rings. The van der Waals surface area contributed by atoms with Crippen molar-refractivity contribution in [2.75, 3.05) is 11.9 Å². The first-order chi connectivity index (χ1) is 10.1. The zero-order chi connectivity index (χ0) is 15.2. The maximum Gasteiger partial charge on any atom is 0.255 e. The Labute approximate surface area is 123 Å². The van der Waals surface area contributed by atoms with Gasteiger partial charge in [-0.25, -0.2) is 0 Å². The van der Waals surface area contributed by atoms with Gasteiger partial charge in [0.15, 0.2) is 0 Å². The summed E-state index contributed by atoms with van der Waals surface area (Å²) in [5.74, 6) is 5.06. The number of aromatic hydroxyl groups is 1. The molecular weight excluding hydrogens is 266 g/mol. The molecule has 0 aliphatic heterocycles. The summed E-state index contributed by atoms with van der Waals surface area (Å²) >= 11 is 0. The van der Waals surface area contributed by atoms with Crippen molar-refractivity contribution >= 4 is 11.6 Å². The second kappa shape index (κ2) is 6.60. The average Bonchev–Trinajstić information content (AvgIpc) is 2.46. The van der Waals surface area contributed by atoms with Crippen LogP contribution in [-0.4, -0.2) is 22.7 Å². The lowest BCUT2D eigenvalue weighted by molar-refractivity contribution is 0.102. The zero-order valence-electron chi connectivity index (χ0n) is 11.6. The molecule has 21 heavy (non-hydrogen) atoms. The van der Waals surface area contributed by atoms with E-state index in [9.17, 15) is 9.90 Å². The fraction of sp³-hybridized carbons (Fsp3) is 0.118. The quantitative estimate of drug-likeness (QED) is 0.740. The predicted octanol–water partition coefficient (Wildman–Crippen LogP) is 2.30. The number of nitrogens with one attached hydrogen (secondary N) is 1. The molecule has 2 rings (SSSR count). The monoisotopic (exact) mass is 281 g/mol. The van der Waals surface area contributed by atoms with Crippen molar-refractivity contribution in [2.24, 2.45) is 0 Å². The molecule has 0 aromatic heterocycles. The highest BCUT2D eigenvalue weighted by molar-refractivity contribution is 6.05. The zero-order valence-corrected chi connectivity index (χ0v) is 11.6. The van der Waals surface area contributed by atoms with Gasteiger partial charge in [-0.3, -0.25) is 4.79 Å². The number of rotatable bonds is 2. The number of phenols is 1. The van der Waals surface area contributed by atoms with Crippen molar-refractivity contribution in [1.82, 2.24) is 0 Å². The number of aryl methyl sites for hydroxylation is 1. The molecular formula is C17H15NO3. The predicted molar refractivity (Wildman–Crippen MR) is 81.2 cm³/mol. The van der Waals surface area contributed by atoms with Crippen LogP contribution in [-0.2, 0) is 0 Å². The average molecular weight is 281 g/mol. The van der Waals surface area contributed by atoms with Crippen molar-refractivity contribution in [3.8, 4) is 17.6 Å². The van der Waals surface area contributed by atoms with Crippen LogP contribution < -0.4 is 5.32 Å². The van der Waals surface area contributed by atoms with Gasteiger partial charge in [-0.1, -0.05) is 24.0 Å². The summed E-state index contributed by atoms with van der Waals surface area (Å²) in [5.41, 5.74) is 2.54. The van der Waals surface area contributed by atoms with Gasteiger partial charge >= 0.3 is 0 Å². The Morgan fingerprint density at radius 2 is 2.05 bits per heavy atom. The highest BCUT2D eigenvalue weighted by atomic mass is 16.3. The normalized spacial score (nSPS) is 9.62. The summed E-state index contributed by atoms with van der Waals surface area (Å²) in [6.07, 6.45) is 0. The SMILES string of the molecule is Cc1ccc(C#CCO)c(NC(=O)c2cccc(O)c2)c1. The molecule has 106 valence electrons. The molecule has 0 saturated heterocycles. The fourth-order valence-corrected chi connectivity index (χ4v) is 1.85. The standard InChI is InChI=1S/C17H15NO3/c1-12-7-8-13(5-3-9-19)16(10-12)18-17(21)14-4-2-6-15(20)11-14/h2,4,6-8,10-11,19-20H,9H2,1H3,(H,18,21). The molecule has 3 N–H and O–H groups in total. The lowest BCUT2D eigenvalue weighted by atomic mass is 10.1. The van der Waals surface area contributed by atoms with Crippen molar-refractivity contribution in [1.29, 1.82) is 0 Å². The van der Waals surface area contributed by atoms with E-state index in [1.165, 1.54) is 12.1 Å². The smallest absolute Gasteiger partial charge is 0.255 e. The van der Waals surface area contributed by atoms with E-state index in [0.29, 0.717) is 16.8 Å². The molecule has 0 unspecified atom stereocenters. The van der Waals surface area contributed by atoms with Crippen LogP contribution in [0.1, 0.15) is 21.5 Å². The van der Waals surface area contributed by atoms with E-state index >= 15 is 0 Å². The van der Waals surface area contributed by atoms with Gasteiger partial charge in [0.25, 0.3) is 5.91 Å². The lowest BCUT2D eigenvalue weighted by Gasteiger charge is -2.09. The molecule has 0 fully saturated rings. The van der Waals surface area contributed by atoms with E-state index < -0.39 is 0 Å². The second-order valence-electron chi connectivity index (χ2n) is 4.51. The summed E-state index contributed by atoms with van der Waals surface area (Å²) in [6.45, 7) is 1.67. The van der Waals surface area contributed by atoms with Crippen LogP contribution in [0.3, 0.4) is 0 Å². The van der Waals surface area contributed by atoms with Crippen LogP contribution in [0.25, 0.3) is 0 Å². The van der Waals surface area contributed by atoms with Gasteiger partial charge in [0.1, 0.15) is 12.4 Å². The summed E-state index contributed by atoms with van der Waals surface area (Å²) in [5, 5.41) is 21.0. The molecule has 0 aliphatic carbocycles. The first-order valence-corrected chi connectivity index (χ1v) is 6.41. The van der Waals surface area contributed by atoms with Gasteiger partial charge in [0.05, 0.1) is 5.69 Å². The number of aliphatic hydroxyl groups excluding tert-OH is 1. The summed E-state index contributed by atoms with van der Waals surface area (Å²) < 4.78 is 0. The highest BCUT2D eigenvalue weighted by Gasteiger charge is 2.09. The van der Waals surface area contributed by atoms with Crippen LogP contribution in [0.15, 0.2) is 42.5 Å². The Morgan fingerprint density at radius 1 is 1.24 bits per heavy atom. The molecule has 4 heteroatoms.